The molecule has 0 radical (unpaired) electrons. The lowest BCUT2D eigenvalue weighted by atomic mass is 10.2. The van der Waals surface area contributed by atoms with E-state index in [1.54, 1.807) is 11.3 Å². The molecule has 0 aliphatic heterocycles. The maximum absolute atomic E-state index is 9.45. The zero-order chi connectivity index (χ0) is 12.3. The highest BCUT2D eigenvalue weighted by Gasteiger charge is 2.08. The minimum Gasteiger partial charge on any atom is -0.393 e. The molecule has 0 aliphatic carbocycles. The van der Waals surface area contributed by atoms with Crippen LogP contribution in [0.25, 0.3) is 4.96 Å². The number of fused-ring (bicyclic) bond motifs is 1. The molecule has 4 nitrogen and oxygen atoms in total. The lowest BCUT2D eigenvalue weighted by Gasteiger charge is -2.08. The molecule has 2 aromatic heterocycles. The maximum Gasteiger partial charge on any atom is 0.194 e. The number of aromatic nitrogens is 2. The Hall–Kier alpha value is -0.910. The van der Waals surface area contributed by atoms with Gasteiger partial charge >= 0.3 is 0 Å². The van der Waals surface area contributed by atoms with Gasteiger partial charge in [-0.15, -0.1) is 11.3 Å². The highest BCUT2D eigenvalue weighted by Crippen LogP contribution is 2.16. The summed E-state index contributed by atoms with van der Waals surface area (Å²) in [4.78, 5) is 5.54. The van der Waals surface area contributed by atoms with Crippen LogP contribution in [-0.4, -0.2) is 27.1 Å². The molecule has 94 valence electrons. The first-order valence-corrected chi connectivity index (χ1v) is 6.90. The van der Waals surface area contributed by atoms with Gasteiger partial charge in [0, 0.05) is 18.1 Å². The number of nitrogens with zero attached hydrogens (tertiary/aromatic N) is 2. The fraction of sp³-hybridized carbons (Fsp3) is 0.583. The maximum atomic E-state index is 9.45. The molecule has 1 atom stereocenters. The van der Waals surface area contributed by atoms with Gasteiger partial charge in [-0.25, -0.2) is 4.98 Å². The van der Waals surface area contributed by atoms with Crippen LogP contribution in [0.2, 0.25) is 0 Å². The summed E-state index contributed by atoms with van der Waals surface area (Å²) in [5.74, 6) is 0. The van der Waals surface area contributed by atoms with Gasteiger partial charge in [-0.1, -0.05) is 6.92 Å². The summed E-state index contributed by atoms with van der Waals surface area (Å²) < 4.78 is 2.13. The first kappa shape index (κ1) is 12.5. The minimum atomic E-state index is -0.185. The van der Waals surface area contributed by atoms with Gasteiger partial charge in [0.25, 0.3) is 0 Å². The zero-order valence-corrected chi connectivity index (χ0v) is 11.1. The van der Waals surface area contributed by atoms with Crippen LogP contribution in [0.5, 0.6) is 0 Å². The number of hydrogen-bond acceptors (Lipinski definition) is 4. The molecule has 0 spiro atoms. The minimum absolute atomic E-state index is 0.185. The Kier molecular flexibility index (Phi) is 4.15. The molecule has 0 aliphatic rings. The number of nitrogens with one attached hydrogen (secondary N) is 1. The van der Waals surface area contributed by atoms with Gasteiger partial charge < -0.3 is 10.4 Å². The van der Waals surface area contributed by atoms with Gasteiger partial charge in [0.15, 0.2) is 4.96 Å². The van der Waals surface area contributed by atoms with Crippen molar-refractivity contribution >= 4 is 16.3 Å². The normalized spacial score (nSPS) is 13.4. The van der Waals surface area contributed by atoms with E-state index in [9.17, 15) is 5.11 Å². The Morgan fingerprint density at radius 1 is 1.59 bits per heavy atom. The fourth-order valence-corrected chi connectivity index (χ4v) is 2.61. The first-order chi connectivity index (χ1) is 8.22. The van der Waals surface area contributed by atoms with Gasteiger partial charge in [0.2, 0.25) is 0 Å². The third-order valence-electron chi connectivity index (χ3n) is 2.98. The summed E-state index contributed by atoms with van der Waals surface area (Å²) in [6, 6.07) is 0. The summed E-state index contributed by atoms with van der Waals surface area (Å²) in [6.07, 6.45) is 3.50. The zero-order valence-electron chi connectivity index (χ0n) is 10.3. The predicted molar refractivity (Wildman–Crippen MR) is 70.4 cm³/mol. The second-order valence-electron chi connectivity index (χ2n) is 4.23. The van der Waals surface area contributed by atoms with Gasteiger partial charge in [0.1, 0.15) is 0 Å². The highest BCUT2D eigenvalue weighted by molar-refractivity contribution is 7.15. The quantitative estimate of drug-likeness (QED) is 0.774. The van der Waals surface area contributed by atoms with Gasteiger partial charge in [-0.3, -0.25) is 4.40 Å². The van der Waals surface area contributed by atoms with Crippen LogP contribution < -0.4 is 5.32 Å². The van der Waals surface area contributed by atoms with Crippen molar-refractivity contribution in [2.45, 2.75) is 39.3 Å². The third-order valence-corrected chi connectivity index (χ3v) is 3.74. The molecule has 1 unspecified atom stereocenters. The van der Waals surface area contributed by atoms with Crippen molar-refractivity contribution in [3.05, 3.63) is 23.0 Å². The Balaban J connectivity index is 1.90. The second kappa shape index (κ2) is 5.62. The Bertz CT molecular complexity index is 477. The van der Waals surface area contributed by atoms with Crippen molar-refractivity contribution < 1.29 is 5.11 Å². The molecule has 2 N–H and O–H groups in total. The fourth-order valence-electron chi connectivity index (χ4n) is 1.83. The third kappa shape index (κ3) is 2.86. The molecule has 0 saturated heterocycles. The van der Waals surface area contributed by atoms with E-state index in [-0.39, 0.29) is 6.10 Å². The molecule has 2 rings (SSSR count). The van der Waals surface area contributed by atoms with Crippen molar-refractivity contribution in [2.75, 3.05) is 6.54 Å². The Morgan fingerprint density at radius 2 is 2.41 bits per heavy atom. The number of thiazole rings is 1. The lowest BCUT2D eigenvalue weighted by molar-refractivity contribution is 0.159. The topological polar surface area (TPSA) is 49.6 Å². The monoisotopic (exact) mass is 253 g/mol. The van der Waals surface area contributed by atoms with Crippen molar-refractivity contribution in [2.24, 2.45) is 0 Å². The number of hydrogen-bond donors (Lipinski definition) is 2. The van der Waals surface area contributed by atoms with Gasteiger partial charge in [-0.2, -0.15) is 0 Å². The van der Waals surface area contributed by atoms with E-state index in [0.29, 0.717) is 0 Å². The molecule has 0 fully saturated rings. The summed E-state index contributed by atoms with van der Waals surface area (Å²) >= 11 is 1.65. The van der Waals surface area contributed by atoms with Crippen molar-refractivity contribution in [3.8, 4) is 0 Å². The molecule has 0 bridgehead atoms. The Labute approximate surface area is 105 Å². The summed E-state index contributed by atoms with van der Waals surface area (Å²) in [5, 5.41) is 14.9. The molecular formula is C12H19N3OS. The molecule has 0 amide bonds. The SMILES string of the molecule is CCC(O)CCNCc1c(C)nc2sccn12. The lowest BCUT2D eigenvalue weighted by Crippen LogP contribution is -2.20. The standard InChI is InChI=1S/C12H19N3OS/c1-3-10(16)4-5-13-8-11-9(2)14-12-15(11)6-7-17-12/h6-7,10,13,16H,3-5,8H2,1-2H3. The van der Waals surface area contributed by atoms with Crippen LogP contribution in [0.3, 0.4) is 0 Å². The highest BCUT2D eigenvalue weighted by atomic mass is 32.1. The number of imidazole rings is 1. The van der Waals surface area contributed by atoms with Crippen molar-refractivity contribution in [1.29, 1.82) is 0 Å². The molecule has 0 aromatic carbocycles. The van der Waals surface area contributed by atoms with Crippen LogP contribution in [0, 0.1) is 6.92 Å². The Morgan fingerprint density at radius 3 is 3.18 bits per heavy atom. The van der Waals surface area contributed by atoms with E-state index in [0.717, 1.165) is 36.6 Å². The van der Waals surface area contributed by atoms with E-state index in [1.807, 2.05) is 19.2 Å². The summed E-state index contributed by atoms with van der Waals surface area (Å²) in [5.41, 5.74) is 2.30. The average molecular weight is 253 g/mol. The predicted octanol–water partition coefficient (Wildman–Crippen LogP) is 1.95. The van der Waals surface area contributed by atoms with E-state index in [1.165, 1.54) is 5.69 Å². The number of aliphatic hydroxyl groups excluding tert-OH is 1. The van der Waals surface area contributed by atoms with Crippen LogP contribution in [0.1, 0.15) is 31.2 Å². The van der Waals surface area contributed by atoms with E-state index in [4.69, 9.17) is 0 Å². The van der Waals surface area contributed by atoms with Crippen molar-refractivity contribution in [3.63, 3.8) is 0 Å². The smallest absolute Gasteiger partial charge is 0.194 e. The molecule has 0 saturated carbocycles. The van der Waals surface area contributed by atoms with Crippen LogP contribution in [-0.2, 0) is 6.54 Å². The molecule has 17 heavy (non-hydrogen) atoms. The first-order valence-electron chi connectivity index (χ1n) is 6.02. The number of rotatable bonds is 6. The largest absolute Gasteiger partial charge is 0.393 e. The number of aliphatic hydroxyl groups is 1. The van der Waals surface area contributed by atoms with Crippen LogP contribution in [0.4, 0.5) is 0 Å². The molecule has 2 aromatic rings. The average Bonchev–Trinajstić information content (AvgIpc) is 2.86. The van der Waals surface area contributed by atoms with E-state index < -0.39 is 0 Å². The summed E-state index contributed by atoms with van der Waals surface area (Å²) in [7, 11) is 0. The van der Waals surface area contributed by atoms with E-state index >= 15 is 0 Å². The van der Waals surface area contributed by atoms with Crippen LogP contribution in [0.15, 0.2) is 11.6 Å². The second-order valence-corrected chi connectivity index (χ2v) is 5.10. The van der Waals surface area contributed by atoms with Gasteiger partial charge in [-0.05, 0) is 26.3 Å². The van der Waals surface area contributed by atoms with Gasteiger partial charge in [0.05, 0.1) is 17.5 Å². The molecule has 5 heteroatoms. The van der Waals surface area contributed by atoms with Crippen molar-refractivity contribution in [1.82, 2.24) is 14.7 Å². The van der Waals surface area contributed by atoms with Crippen LogP contribution >= 0.6 is 11.3 Å². The van der Waals surface area contributed by atoms with E-state index in [2.05, 4.69) is 20.9 Å². The summed E-state index contributed by atoms with van der Waals surface area (Å²) in [6.45, 7) is 5.68. The number of aryl methyl sites for hydroxylation is 1. The molecular weight excluding hydrogens is 234 g/mol. The molecule has 2 heterocycles.